The van der Waals surface area contributed by atoms with Crippen LogP contribution in [0.1, 0.15) is 39.5 Å². The Kier molecular flexibility index (Phi) is 4.54. The van der Waals surface area contributed by atoms with Crippen molar-refractivity contribution in [2.45, 2.75) is 57.7 Å². The lowest BCUT2D eigenvalue weighted by Crippen LogP contribution is -2.50. The largest absolute Gasteiger partial charge is 0.352 e. The Labute approximate surface area is 91.8 Å². The second-order valence-electron chi connectivity index (χ2n) is 4.90. The molecule has 0 aromatic heterocycles. The van der Waals surface area contributed by atoms with Gasteiger partial charge < -0.3 is 16.8 Å². The van der Waals surface area contributed by atoms with Crippen molar-refractivity contribution < 1.29 is 4.79 Å². The SMILES string of the molecule is CC(C)C(N)C(=O)NC1CCCC(N)C1. The van der Waals surface area contributed by atoms with E-state index >= 15 is 0 Å². The predicted octanol–water partition coefficient (Wildman–Crippen LogP) is 0.356. The van der Waals surface area contributed by atoms with E-state index in [1.165, 1.54) is 0 Å². The molecule has 0 aromatic rings. The molecule has 1 aliphatic carbocycles. The summed E-state index contributed by atoms with van der Waals surface area (Å²) in [6.45, 7) is 3.91. The maximum absolute atomic E-state index is 11.7. The van der Waals surface area contributed by atoms with Crippen LogP contribution < -0.4 is 16.8 Å². The van der Waals surface area contributed by atoms with Gasteiger partial charge in [0, 0.05) is 12.1 Å². The van der Waals surface area contributed by atoms with Gasteiger partial charge in [-0.25, -0.2) is 0 Å². The standard InChI is InChI=1S/C11H23N3O/c1-7(2)10(13)11(15)14-9-5-3-4-8(12)6-9/h7-10H,3-6,12-13H2,1-2H3,(H,14,15). The van der Waals surface area contributed by atoms with Crippen molar-refractivity contribution in [2.75, 3.05) is 0 Å². The summed E-state index contributed by atoms with van der Waals surface area (Å²) in [6, 6.07) is 0.0634. The number of rotatable bonds is 3. The van der Waals surface area contributed by atoms with Crippen molar-refractivity contribution in [3.05, 3.63) is 0 Å². The molecule has 88 valence electrons. The van der Waals surface area contributed by atoms with Crippen molar-refractivity contribution in [3.63, 3.8) is 0 Å². The summed E-state index contributed by atoms with van der Waals surface area (Å²) in [5, 5.41) is 2.99. The third kappa shape index (κ3) is 3.80. The molecule has 3 atom stereocenters. The van der Waals surface area contributed by atoms with Crippen LogP contribution in [0.4, 0.5) is 0 Å². The number of hydrogen-bond donors (Lipinski definition) is 3. The molecule has 4 nitrogen and oxygen atoms in total. The summed E-state index contributed by atoms with van der Waals surface area (Å²) >= 11 is 0. The van der Waals surface area contributed by atoms with E-state index in [2.05, 4.69) is 5.32 Å². The Hall–Kier alpha value is -0.610. The Balaban J connectivity index is 2.37. The lowest BCUT2D eigenvalue weighted by Gasteiger charge is -2.28. The van der Waals surface area contributed by atoms with Gasteiger partial charge in [-0.2, -0.15) is 0 Å². The third-order valence-electron chi connectivity index (χ3n) is 3.08. The lowest BCUT2D eigenvalue weighted by molar-refractivity contribution is -0.124. The third-order valence-corrected chi connectivity index (χ3v) is 3.08. The van der Waals surface area contributed by atoms with Gasteiger partial charge in [-0.05, 0) is 31.6 Å². The van der Waals surface area contributed by atoms with Crippen LogP contribution in [-0.4, -0.2) is 24.0 Å². The summed E-state index contributed by atoms with van der Waals surface area (Å²) in [6.07, 6.45) is 4.09. The zero-order chi connectivity index (χ0) is 11.4. The normalized spacial score (nSPS) is 28.9. The summed E-state index contributed by atoms with van der Waals surface area (Å²) in [4.78, 5) is 11.7. The Morgan fingerprint density at radius 1 is 1.40 bits per heavy atom. The van der Waals surface area contributed by atoms with Crippen molar-refractivity contribution in [1.82, 2.24) is 5.32 Å². The average molecular weight is 213 g/mol. The summed E-state index contributed by atoms with van der Waals surface area (Å²) in [5.41, 5.74) is 11.6. The Morgan fingerprint density at radius 3 is 2.60 bits per heavy atom. The first-order valence-electron chi connectivity index (χ1n) is 5.82. The minimum Gasteiger partial charge on any atom is -0.352 e. The molecule has 0 saturated heterocycles. The summed E-state index contributed by atoms with van der Waals surface area (Å²) < 4.78 is 0. The van der Waals surface area contributed by atoms with E-state index in [1.807, 2.05) is 13.8 Å². The van der Waals surface area contributed by atoms with E-state index in [0.717, 1.165) is 25.7 Å². The van der Waals surface area contributed by atoms with Crippen LogP contribution in [0.3, 0.4) is 0 Å². The van der Waals surface area contributed by atoms with Crippen molar-refractivity contribution in [1.29, 1.82) is 0 Å². The van der Waals surface area contributed by atoms with Crippen molar-refractivity contribution >= 4 is 5.91 Å². The minimum atomic E-state index is -0.400. The molecule has 1 saturated carbocycles. The summed E-state index contributed by atoms with van der Waals surface area (Å²) in [5.74, 6) is 0.145. The van der Waals surface area contributed by atoms with Gasteiger partial charge in [0.05, 0.1) is 6.04 Å². The van der Waals surface area contributed by atoms with Gasteiger partial charge in [-0.3, -0.25) is 4.79 Å². The van der Waals surface area contributed by atoms with Gasteiger partial charge in [-0.1, -0.05) is 13.8 Å². The minimum absolute atomic E-state index is 0.0379. The number of nitrogens with two attached hydrogens (primary N) is 2. The lowest BCUT2D eigenvalue weighted by atomic mass is 9.91. The second-order valence-corrected chi connectivity index (χ2v) is 4.90. The second kappa shape index (κ2) is 5.47. The van der Waals surface area contributed by atoms with Crippen LogP contribution in [0.15, 0.2) is 0 Å². The van der Waals surface area contributed by atoms with Gasteiger partial charge >= 0.3 is 0 Å². The maximum atomic E-state index is 11.7. The van der Waals surface area contributed by atoms with Crippen LogP contribution >= 0.6 is 0 Å². The highest BCUT2D eigenvalue weighted by Gasteiger charge is 2.24. The molecule has 0 spiro atoms. The Bertz CT molecular complexity index is 218. The average Bonchev–Trinajstić information content (AvgIpc) is 2.16. The smallest absolute Gasteiger partial charge is 0.237 e. The highest BCUT2D eigenvalue weighted by atomic mass is 16.2. The first-order chi connectivity index (χ1) is 7.00. The molecular weight excluding hydrogens is 190 g/mol. The summed E-state index contributed by atoms with van der Waals surface area (Å²) in [7, 11) is 0. The highest BCUT2D eigenvalue weighted by Crippen LogP contribution is 2.17. The molecule has 1 amide bonds. The van der Waals surface area contributed by atoms with Crippen LogP contribution in [0.25, 0.3) is 0 Å². The molecule has 0 radical (unpaired) electrons. The van der Waals surface area contributed by atoms with Gasteiger partial charge in [0.1, 0.15) is 0 Å². The van der Waals surface area contributed by atoms with Crippen molar-refractivity contribution in [2.24, 2.45) is 17.4 Å². The molecule has 3 unspecified atom stereocenters. The molecule has 0 bridgehead atoms. The predicted molar refractivity (Wildman–Crippen MR) is 61.2 cm³/mol. The molecule has 4 heteroatoms. The number of amides is 1. The topological polar surface area (TPSA) is 81.1 Å². The zero-order valence-corrected chi connectivity index (χ0v) is 9.70. The molecule has 1 rings (SSSR count). The number of hydrogen-bond acceptors (Lipinski definition) is 3. The first-order valence-corrected chi connectivity index (χ1v) is 5.82. The molecule has 5 N–H and O–H groups in total. The molecule has 0 aliphatic heterocycles. The molecular formula is C11H23N3O. The van der Waals surface area contributed by atoms with Crippen LogP contribution in [0.5, 0.6) is 0 Å². The highest BCUT2D eigenvalue weighted by molar-refractivity contribution is 5.82. The monoisotopic (exact) mass is 213 g/mol. The molecule has 1 aliphatic rings. The van der Waals surface area contributed by atoms with Crippen LogP contribution in [0.2, 0.25) is 0 Å². The van der Waals surface area contributed by atoms with Crippen LogP contribution in [-0.2, 0) is 4.79 Å². The first kappa shape index (κ1) is 12.5. The zero-order valence-electron chi connectivity index (χ0n) is 9.70. The van der Waals surface area contributed by atoms with Crippen molar-refractivity contribution in [3.8, 4) is 0 Å². The van der Waals surface area contributed by atoms with Gasteiger partial charge in [-0.15, -0.1) is 0 Å². The van der Waals surface area contributed by atoms with E-state index in [9.17, 15) is 4.79 Å². The fourth-order valence-electron chi connectivity index (χ4n) is 1.96. The van der Waals surface area contributed by atoms with Gasteiger partial charge in [0.15, 0.2) is 0 Å². The molecule has 15 heavy (non-hydrogen) atoms. The fraction of sp³-hybridized carbons (Fsp3) is 0.909. The molecule has 0 heterocycles. The van der Waals surface area contributed by atoms with E-state index in [-0.39, 0.29) is 23.9 Å². The maximum Gasteiger partial charge on any atom is 0.237 e. The van der Waals surface area contributed by atoms with Gasteiger partial charge in [0.2, 0.25) is 5.91 Å². The Morgan fingerprint density at radius 2 is 2.07 bits per heavy atom. The fourth-order valence-corrected chi connectivity index (χ4v) is 1.96. The van der Waals surface area contributed by atoms with E-state index < -0.39 is 6.04 Å². The van der Waals surface area contributed by atoms with E-state index in [0.29, 0.717) is 0 Å². The molecule has 1 fully saturated rings. The quantitative estimate of drug-likeness (QED) is 0.633. The van der Waals surface area contributed by atoms with E-state index in [1.54, 1.807) is 0 Å². The number of nitrogens with one attached hydrogen (secondary N) is 1. The van der Waals surface area contributed by atoms with Crippen LogP contribution in [0, 0.1) is 5.92 Å². The number of carbonyl (C=O) groups is 1. The van der Waals surface area contributed by atoms with E-state index in [4.69, 9.17) is 11.5 Å². The number of carbonyl (C=O) groups excluding carboxylic acids is 1. The van der Waals surface area contributed by atoms with Gasteiger partial charge in [0.25, 0.3) is 0 Å². The molecule has 0 aromatic carbocycles.